The second-order valence-electron chi connectivity index (χ2n) is 6.34. The van der Waals surface area contributed by atoms with E-state index in [-0.39, 0.29) is 0 Å². The quantitative estimate of drug-likeness (QED) is 0.789. The van der Waals surface area contributed by atoms with Gasteiger partial charge in [0.1, 0.15) is 0 Å². The third kappa shape index (κ3) is 3.48. The summed E-state index contributed by atoms with van der Waals surface area (Å²) in [5, 5.41) is 3.72. The van der Waals surface area contributed by atoms with Crippen molar-refractivity contribution in [2.75, 3.05) is 0 Å². The molecule has 1 nitrogen and oxygen atoms in total. The predicted octanol–water partition coefficient (Wildman–Crippen LogP) is 5.29. The molecule has 0 aromatic heterocycles. The molecule has 0 unspecified atom stereocenters. The van der Waals surface area contributed by atoms with Crippen LogP contribution in [0.4, 0.5) is 0 Å². The SMILES string of the molecule is C=C(c1ccc(-c2ccccc2)cc1)[C@@H](C)NC1CCCC1. The van der Waals surface area contributed by atoms with Crippen LogP contribution in [0.3, 0.4) is 0 Å². The lowest BCUT2D eigenvalue weighted by atomic mass is 9.97. The molecule has 0 amide bonds. The van der Waals surface area contributed by atoms with Gasteiger partial charge < -0.3 is 5.32 Å². The molecule has 0 bridgehead atoms. The largest absolute Gasteiger partial charge is 0.307 e. The number of benzene rings is 2. The molecule has 0 aliphatic heterocycles. The van der Waals surface area contributed by atoms with Crippen LogP contribution in [0.15, 0.2) is 61.2 Å². The van der Waals surface area contributed by atoms with Gasteiger partial charge in [0.05, 0.1) is 0 Å². The zero-order valence-corrected chi connectivity index (χ0v) is 13.4. The molecule has 0 saturated heterocycles. The van der Waals surface area contributed by atoms with Gasteiger partial charge in [-0.05, 0) is 42.0 Å². The first-order valence-corrected chi connectivity index (χ1v) is 8.35. The van der Waals surface area contributed by atoms with E-state index in [1.807, 2.05) is 0 Å². The van der Waals surface area contributed by atoms with Gasteiger partial charge in [-0.3, -0.25) is 0 Å². The van der Waals surface area contributed by atoms with Crippen LogP contribution in [0.2, 0.25) is 0 Å². The Bertz CT molecular complexity index is 606. The molecule has 1 saturated carbocycles. The normalized spacial score (nSPS) is 16.6. The van der Waals surface area contributed by atoms with Gasteiger partial charge in [0.25, 0.3) is 0 Å². The van der Waals surface area contributed by atoms with E-state index in [1.54, 1.807) is 0 Å². The van der Waals surface area contributed by atoms with Crippen molar-refractivity contribution in [2.45, 2.75) is 44.7 Å². The highest BCUT2D eigenvalue weighted by Crippen LogP contribution is 2.25. The summed E-state index contributed by atoms with van der Waals surface area (Å²) in [5.74, 6) is 0. The summed E-state index contributed by atoms with van der Waals surface area (Å²) in [4.78, 5) is 0. The summed E-state index contributed by atoms with van der Waals surface area (Å²) in [5.41, 5.74) is 4.94. The van der Waals surface area contributed by atoms with Gasteiger partial charge in [-0.25, -0.2) is 0 Å². The summed E-state index contributed by atoms with van der Waals surface area (Å²) in [6.45, 7) is 6.53. The maximum absolute atomic E-state index is 4.31. The molecule has 0 spiro atoms. The van der Waals surface area contributed by atoms with E-state index < -0.39 is 0 Å². The minimum atomic E-state index is 0.339. The lowest BCUT2D eigenvalue weighted by Crippen LogP contribution is -2.35. The minimum Gasteiger partial charge on any atom is -0.307 e. The smallest absolute Gasteiger partial charge is 0.0294 e. The number of hydrogen-bond acceptors (Lipinski definition) is 1. The average Bonchev–Trinajstić information content (AvgIpc) is 3.08. The Balaban J connectivity index is 1.68. The van der Waals surface area contributed by atoms with Crippen LogP contribution in [0.25, 0.3) is 16.7 Å². The standard InChI is InChI=1S/C21H25N/c1-16(17(2)22-21-10-6-7-11-21)18-12-14-20(15-13-18)19-8-4-3-5-9-19/h3-5,8-9,12-15,17,21-22H,1,6-7,10-11H2,2H3/t17-/m1/s1. The van der Waals surface area contributed by atoms with Crippen molar-refractivity contribution >= 4 is 5.57 Å². The van der Waals surface area contributed by atoms with Gasteiger partial charge in [0, 0.05) is 12.1 Å². The van der Waals surface area contributed by atoms with Crippen molar-refractivity contribution in [2.24, 2.45) is 0 Å². The first kappa shape index (κ1) is 15.1. The van der Waals surface area contributed by atoms with Crippen molar-refractivity contribution in [1.82, 2.24) is 5.32 Å². The highest BCUT2D eigenvalue weighted by molar-refractivity contribution is 5.71. The molecule has 1 fully saturated rings. The van der Waals surface area contributed by atoms with Crippen LogP contribution in [0.1, 0.15) is 38.2 Å². The zero-order valence-electron chi connectivity index (χ0n) is 13.4. The fourth-order valence-electron chi connectivity index (χ4n) is 3.30. The van der Waals surface area contributed by atoms with Crippen molar-refractivity contribution in [3.63, 3.8) is 0 Å². The van der Waals surface area contributed by atoms with Crippen molar-refractivity contribution < 1.29 is 0 Å². The zero-order chi connectivity index (χ0) is 15.4. The summed E-state index contributed by atoms with van der Waals surface area (Å²) in [7, 11) is 0. The highest BCUT2D eigenvalue weighted by atomic mass is 14.9. The Labute approximate surface area is 134 Å². The van der Waals surface area contributed by atoms with Gasteiger partial charge >= 0.3 is 0 Å². The third-order valence-electron chi connectivity index (χ3n) is 4.73. The van der Waals surface area contributed by atoms with E-state index in [1.165, 1.54) is 47.9 Å². The monoisotopic (exact) mass is 291 g/mol. The lowest BCUT2D eigenvalue weighted by Gasteiger charge is -2.21. The van der Waals surface area contributed by atoms with E-state index in [0.29, 0.717) is 12.1 Å². The molecule has 1 N–H and O–H groups in total. The van der Waals surface area contributed by atoms with Crippen LogP contribution >= 0.6 is 0 Å². The first-order valence-electron chi connectivity index (χ1n) is 8.35. The molecule has 0 radical (unpaired) electrons. The van der Waals surface area contributed by atoms with Gasteiger partial charge in [-0.2, -0.15) is 0 Å². The Kier molecular flexibility index (Phi) is 4.74. The molecule has 1 aliphatic carbocycles. The number of rotatable bonds is 5. The Morgan fingerprint density at radius 3 is 2.18 bits per heavy atom. The van der Waals surface area contributed by atoms with Gasteiger partial charge in [-0.1, -0.05) is 74.0 Å². The van der Waals surface area contributed by atoms with Crippen molar-refractivity contribution in [3.8, 4) is 11.1 Å². The van der Waals surface area contributed by atoms with Gasteiger partial charge in [0.2, 0.25) is 0 Å². The molecule has 0 heterocycles. The fraction of sp³-hybridized carbons (Fsp3) is 0.333. The van der Waals surface area contributed by atoms with Crippen LogP contribution < -0.4 is 5.32 Å². The molecule has 1 heteroatoms. The molecule has 1 atom stereocenters. The van der Waals surface area contributed by atoms with Crippen LogP contribution in [-0.2, 0) is 0 Å². The first-order chi connectivity index (χ1) is 10.7. The van der Waals surface area contributed by atoms with Crippen LogP contribution in [-0.4, -0.2) is 12.1 Å². The highest BCUT2D eigenvalue weighted by Gasteiger charge is 2.18. The predicted molar refractivity (Wildman–Crippen MR) is 95.8 cm³/mol. The molecule has 22 heavy (non-hydrogen) atoms. The second kappa shape index (κ2) is 6.93. The van der Waals surface area contributed by atoms with E-state index in [9.17, 15) is 0 Å². The number of nitrogens with one attached hydrogen (secondary N) is 1. The maximum Gasteiger partial charge on any atom is 0.0294 e. The summed E-state index contributed by atoms with van der Waals surface area (Å²) >= 11 is 0. The summed E-state index contributed by atoms with van der Waals surface area (Å²) in [6, 6.07) is 20.3. The Morgan fingerprint density at radius 1 is 0.955 bits per heavy atom. The summed E-state index contributed by atoms with van der Waals surface area (Å²) < 4.78 is 0. The van der Waals surface area contributed by atoms with Gasteiger partial charge in [-0.15, -0.1) is 0 Å². The molecular formula is C21H25N. The molecule has 1 aliphatic rings. The third-order valence-corrected chi connectivity index (χ3v) is 4.73. The van der Waals surface area contributed by atoms with Crippen LogP contribution in [0.5, 0.6) is 0 Å². The molecular weight excluding hydrogens is 266 g/mol. The summed E-state index contributed by atoms with van der Waals surface area (Å²) in [6.07, 6.45) is 5.35. The maximum atomic E-state index is 4.31. The number of hydrogen-bond donors (Lipinski definition) is 1. The molecule has 114 valence electrons. The molecule has 3 rings (SSSR count). The average molecular weight is 291 g/mol. The van der Waals surface area contributed by atoms with E-state index in [4.69, 9.17) is 0 Å². The minimum absolute atomic E-state index is 0.339. The van der Waals surface area contributed by atoms with Crippen molar-refractivity contribution in [1.29, 1.82) is 0 Å². The lowest BCUT2D eigenvalue weighted by molar-refractivity contribution is 0.502. The van der Waals surface area contributed by atoms with E-state index in [2.05, 4.69) is 73.4 Å². The van der Waals surface area contributed by atoms with E-state index >= 15 is 0 Å². The van der Waals surface area contributed by atoms with Gasteiger partial charge in [0.15, 0.2) is 0 Å². The fourth-order valence-corrected chi connectivity index (χ4v) is 3.30. The van der Waals surface area contributed by atoms with E-state index in [0.717, 1.165) is 0 Å². The molecule has 2 aromatic rings. The molecule has 2 aromatic carbocycles. The Hall–Kier alpha value is -1.86. The van der Waals surface area contributed by atoms with Crippen molar-refractivity contribution in [3.05, 3.63) is 66.7 Å². The topological polar surface area (TPSA) is 12.0 Å². The Morgan fingerprint density at radius 2 is 1.55 bits per heavy atom. The van der Waals surface area contributed by atoms with Crippen LogP contribution in [0, 0.1) is 0 Å². The second-order valence-corrected chi connectivity index (χ2v) is 6.34.